The van der Waals surface area contributed by atoms with Gasteiger partial charge in [-0.3, -0.25) is 0 Å². The molecule has 0 aliphatic heterocycles. The molecule has 0 aliphatic carbocycles. The maximum atomic E-state index is 13.5. The monoisotopic (exact) mass is 328 g/mol. The Balaban J connectivity index is 1.94. The SMILES string of the molecule is CCc1cc(OC(=O)c2ccc(F)cc2)n(-c2cccc(F)c2)n1. The van der Waals surface area contributed by atoms with E-state index in [0.717, 1.165) is 0 Å². The van der Waals surface area contributed by atoms with Crippen LogP contribution < -0.4 is 4.74 Å². The van der Waals surface area contributed by atoms with Crippen molar-refractivity contribution in [1.82, 2.24) is 9.78 Å². The van der Waals surface area contributed by atoms with Gasteiger partial charge in [0.1, 0.15) is 11.6 Å². The van der Waals surface area contributed by atoms with Crippen molar-refractivity contribution in [1.29, 1.82) is 0 Å². The van der Waals surface area contributed by atoms with Gasteiger partial charge in [0, 0.05) is 6.07 Å². The van der Waals surface area contributed by atoms with Crippen LogP contribution in [0.3, 0.4) is 0 Å². The average molecular weight is 328 g/mol. The fourth-order valence-electron chi connectivity index (χ4n) is 2.19. The van der Waals surface area contributed by atoms with Crippen LogP contribution in [0.2, 0.25) is 0 Å². The van der Waals surface area contributed by atoms with Crippen LogP contribution in [-0.4, -0.2) is 15.7 Å². The Morgan fingerprint density at radius 2 is 1.83 bits per heavy atom. The van der Waals surface area contributed by atoms with Gasteiger partial charge in [-0.15, -0.1) is 0 Å². The normalized spacial score (nSPS) is 10.6. The van der Waals surface area contributed by atoms with Crippen molar-refractivity contribution in [2.45, 2.75) is 13.3 Å². The number of hydrogen-bond donors (Lipinski definition) is 0. The highest BCUT2D eigenvalue weighted by atomic mass is 19.1. The fourth-order valence-corrected chi connectivity index (χ4v) is 2.19. The van der Waals surface area contributed by atoms with Crippen LogP contribution in [0.25, 0.3) is 5.69 Å². The summed E-state index contributed by atoms with van der Waals surface area (Å²) in [7, 11) is 0. The van der Waals surface area contributed by atoms with E-state index in [4.69, 9.17) is 4.74 Å². The van der Waals surface area contributed by atoms with Crippen molar-refractivity contribution in [3.8, 4) is 11.6 Å². The van der Waals surface area contributed by atoms with Gasteiger partial charge in [0.25, 0.3) is 0 Å². The zero-order valence-electron chi connectivity index (χ0n) is 12.9. The smallest absolute Gasteiger partial charge is 0.344 e. The number of carbonyl (C=O) groups excluding carboxylic acids is 1. The molecule has 24 heavy (non-hydrogen) atoms. The van der Waals surface area contributed by atoms with Gasteiger partial charge in [-0.1, -0.05) is 13.0 Å². The van der Waals surface area contributed by atoms with Crippen molar-refractivity contribution >= 4 is 5.97 Å². The van der Waals surface area contributed by atoms with E-state index in [0.29, 0.717) is 17.8 Å². The minimum atomic E-state index is -0.643. The van der Waals surface area contributed by atoms with E-state index in [1.54, 1.807) is 18.2 Å². The van der Waals surface area contributed by atoms with Crippen LogP contribution >= 0.6 is 0 Å². The first-order valence-corrected chi connectivity index (χ1v) is 7.39. The van der Waals surface area contributed by atoms with Gasteiger partial charge in [-0.25, -0.2) is 18.3 Å². The molecule has 0 amide bonds. The van der Waals surface area contributed by atoms with Gasteiger partial charge in [0.05, 0.1) is 16.9 Å². The first-order chi connectivity index (χ1) is 11.6. The molecule has 3 rings (SSSR count). The first-order valence-electron chi connectivity index (χ1n) is 7.39. The molecule has 0 bridgehead atoms. The van der Waals surface area contributed by atoms with Crippen LogP contribution in [0.4, 0.5) is 8.78 Å². The van der Waals surface area contributed by atoms with E-state index >= 15 is 0 Å². The second kappa shape index (κ2) is 6.62. The second-order valence-corrected chi connectivity index (χ2v) is 5.12. The molecule has 4 nitrogen and oxygen atoms in total. The minimum Gasteiger partial charge on any atom is -0.404 e. The third-order valence-electron chi connectivity index (χ3n) is 3.42. The Morgan fingerprint density at radius 1 is 1.08 bits per heavy atom. The molecule has 0 atom stereocenters. The summed E-state index contributed by atoms with van der Waals surface area (Å²) in [4.78, 5) is 12.2. The Labute approximate surface area is 137 Å². The molecule has 0 aliphatic rings. The van der Waals surface area contributed by atoms with Gasteiger partial charge < -0.3 is 4.74 Å². The number of rotatable bonds is 4. The largest absolute Gasteiger partial charge is 0.404 e. The van der Waals surface area contributed by atoms with E-state index in [-0.39, 0.29) is 11.4 Å². The van der Waals surface area contributed by atoms with Crippen molar-refractivity contribution in [2.75, 3.05) is 0 Å². The molecule has 6 heteroatoms. The summed E-state index contributed by atoms with van der Waals surface area (Å²) in [6.07, 6.45) is 0.628. The van der Waals surface area contributed by atoms with Crippen LogP contribution in [0.15, 0.2) is 54.6 Å². The van der Waals surface area contributed by atoms with Crippen LogP contribution in [0.5, 0.6) is 5.88 Å². The maximum Gasteiger partial charge on any atom is 0.344 e. The molecule has 0 unspecified atom stereocenters. The van der Waals surface area contributed by atoms with Crippen LogP contribution in [0, 0.1) is 11.6 Å². The second-order valence-electron chi connectivity index (χ2n) is 5.12. The van der Waals surface area contributed by atoms with Crippen LogP contribution in [0.1, 0.15) is 23.0 Å². The molecule has 122 valence electrons. The van der Waals surface area contributed by atoms with E-state index in [1.807, 2.05) is 6.92 Å². The molecular formula is C18H14F2N2O2. The molecule has 0 spiro atoms. The summed E-state index contributed by atoms with van der Waals surface area (Å²) in [5, 5.41) is 4.31. The zero-order valence-corrected chi connectivity index (χ0v) is 12.9. The molecule has 1 heterocycles. The predicted molar refractivity (Wildman–Crippen MR) is 84.3 cm³/mol. The molecular weight excluding hydrogens is 314 g/mol. The van der Waals surface area contributed by atoms with Crippen molar-refractivity contribution in [2.24, 2.45) is 0 Å². The molecule has 0 saturated carbocycles. The van der Waals surface area contributed by atoms with Gasteiger partial charge >= 0.3 is 5.97 Å². The van der Waals surface area contributed by atoms with Gasteiger partial charge in [0.2, 0.25) is 5.88 Å². The van der Waals surface area contributed by atoms with Crippen molar-refractivity contribution in [3.05, 3.63) is 77.5 Å². The standard InChI is InChI=1S/C18H14F2N2O2/c1-2-15-11-17(22(21-15)16-5-3-4-14(20)10-16)24-18(23)12-6-8-13(19)9-7-12/h3-11H,2H2,1H3. The third kappa shape index (κ3) is 3.32. The Morgan fingerprint density at radius 3 is 2.50 bits per heavy atom. The predicted octanol–water partition coefficient (Wildman–Crippen LogP) is 3.93. The molecule has 0 N–H and O–H groups in total. The molecule has 0 fully saturated rings. The molecule has 1 aromatic heterocycles. The van der Waals surface area contributed by atoms with E-state index in [2.05, 4.69) is 5.10 Å². The number of halogens is 2. The summed E-state index contributed by atoms with van der Waals surface area (Å²) in [5.41, 5.74) is 1.35. The topological polar surface area (TPSA) is 44.1 Å². The number of hydrogen-bond acceptors (Lipinski definition) is 3. The molecule has 2 aromatic carbocycles. The fraction of sp³-hybridized carbons (Fsp3) is 0.111. The number of benzene rings is 2. The Bertz CT molecular complexity index is 873. The van der Waals surface area contributed by atoms with Crippen LogP contribution in [-0.2, 0) is 6.42 Å². The van der Waals surface area contributed by atoms with Gasteiger partial charge in [0.15, 0.2) is 0 Å². The zero-order chi connectivity index (χ0) is 17.1. The Hall–Kier alpha value is -3.02. The highest BCUT2D eigenvalue weighted by Crippen LogP contribution is 2.21. The lowest BCUT2D eigenvalue weighted by molar-refractivity contribution is 0.0723. The average Bonchev–Trinajstić information content (AvgIpc) is 2.98. The Kier molecular flexibility index (Phi) is 4.37. The van der Waals surface area contributed by atoms with Gasteiger partial charge in [-0.2, -0.15) is 5.10 Å². The van der Waals surface area contributed by atoms with E-state index in [9.17, 15) is 13.6 Å². The number of aromatic nitrogens is 2. The summed E-state index contributed by atoms with van der Waals surface area (Å²) < 4.78 is 33.1. The number of esters is 1. The number of carbonyl (C=O) groups is 1. The number of nitrogens with zero attached hydrogens (tertiary/aromatic N) is 2. The lowest BCUT2D eigenvalue weighted by Gasteiger charge is -2.08. The quantitative estimate of drug-likeness (QED) is 0.682. The highest BCUT2D eigenvalue weighted by Gasteiger charge is 2.16. The maximum absolute atomic E-state index is 13.5. The highest BCUT2D eigenvalue weighted by molar-refractivity contribution is 5.90. The minimum absolute atomic E-state index is 0.173. The lowest BCUT2D eigenvalue weighted by Crippen LogP contribution is -2.11. The lowest BCUT2D eigenvalue weighted by atomic mass is 10.2. The number of ether oxygens (including phenoxy) is 1. The van der Waals surface area contributed by atoms with E-state index < -0.39 is 17.6 Å². The summed E-state index contributed by atoms with van der Waals surface area (Å²) >= 11 is 0. The molecule has 0 radical (unpaired) electrons. The summed E-state index contributed by atoms with van der Waals surface area (Å²) in [5.74, 6) is -1.33. The molecule has 0 saturated heterocycles. The summed E-state index contributed by atoms with van der Waals surface area (Å²) in [6, 6.07) is 12.5. The number of aryl methyl sites for hydroxylation is 1. The van der Waals surface area contributed by atoms with Crippen molar-refractivity contribution in [3.63, 3.8) is 0 Å². The van der Waals surface area contributed by atoms with Gasteiger partial charge in [-0.05, 0) is 48.9 Å². The summed E-state index contributed by atoms with van der Waals surface area (Å²) in [6.45, 7) is 1.91. The molecule has 3 aromatic rings. The third-order valence-corrected chi connectivity index (χ3v) is 3.42. The first kappa shape index (κ1) is 15.9. The van der Waals surface area contributed by atoms with Crippen molar-refractivity contribution < 1.29 is 18.3 Å². The van der Waals surface area contributed by atoms with E-state index in [1.165, 1.54) is 41.1 Å².